The maximum Gasteiger partial charge on any atom is 0.292 e. The van der Waals surface area contributed by atoms with Crippen molar-refractivity contribution in [3.8, 4) is 11.5 Å². The Bertz CT molecular complexity index is 849. The van der Waals surface area contributed by atoms with Gasteiger partial charge in [0.1, 0.15) is 0 Å². The summed E-state index contributed by atoms with van der Waals surface area (Å²) in [6.45, 7) is 6.45. The third-order valence-corrected chi connectivity index (χ3v) is 5.84. The molecule has 1 atom stereocenters. The zero-order valence-corrected chi connectivity index (χ0v) is 18.7. The van der Waals surface area contributed by atoms with E-state index in [4.69, 9.17) is 14.0 Å². The lowest BCUT2D eigenvalue weighted by Gasteiger charge is -2.37. The van der Waals surface area contributed by atoms with Gasteiger partial charge in [0.25, 0.3) is 5.91 Å². The van der Waals surface area contributed by atoms with Gasteiger partial charge in [0.2, 0.25) is 5.76 Å². The third kappa shape index (κ3) is 5.14. The average Bonchev–Trinajstić information content (AvgIpc) is 3.27. The first kappa shape index (κ1) is 22.2. The molecule has 1 saturated heterocycles. The minimum absolute atomic E-state index is 0.0626. The summed E-state index contributed by atoms with van der Waals surface area (Å²) in [7, 11) is 5.43. The minimum Gasteiger partial charge on any atom is -0.493 e. The molecule has 3 rings (SSSR count). The number of carbonyl (C=O) groups is 1. The molecule has 1 aromatic carbocycles. The number of amides is 1. The molecule has 1 aromatic heterocycles. The first-order valence-electron chi connectivity index (χ1n) is 10.6. The van der Waals surface area contributed by atoms with Crippen LogP contribution in [0, 0.1) is 0 Å². The first-order valence-corrected chi connectivity index (χ1v) is 10.6. The van der Waals surface area contributed by atoms with Crippen LogP contribution in [0.1, 0.15) is 54.4 Å². The maximum atomic E-state index is 12.9. The highest BCUT2D eigenvalue weighted by molar-refractivity contribution is 5.91. The van der Waals surface area contributed by atoms with Crippen molar-refractivity contribution < 1.29 is 18.8 Å². The predicted molar refractivity (Wildman–Crippen MR) is 115 cm³/mol. The molecule has 0 saturated carbocycles. The fourth-order valence-corrected chi connectivity index (χ4v) is 3.84. The SMILES string of the molecule is COc1ccc(CCN(C)[C@H]2CCCN(C(=O)c3cc(C(C)C)no3)C2)cc1OC. The summed E-state index contributed by atoms with van der Waals surface area (Å²) in [5.41, 5.74) is 2.02. The molecule has 1 aliphatic heterocycles. The lowest BCUT2D eigenvalue weighted by atomic mass is 10.0. The van der Waals surface area contributed by atoms with Gasteiger partial charge < -0.3 is 23.8 Å². The van der Waals surface area contributed by atoms with Crippen molar-refractivity contribution in [2.45, 2.75) is 45.1 Å². The predicted octanol–water partition coefficient (Wildman–Crippen LogP) is 3.59. The molecule has 30 heavy (non-hydrogen) atoms. The Balaban J connectivity index is 1.57. The van der Waals surface area contributed by atoms with Crippen molar-refractivity contribution >= 4 is 5.91 Å². The van der Waals surface area contributed by atoms with Crippen LogP contribution >= 0.6 is 0 Å². The van der Waals surface area contributed by atoms with Crippen molar-refractivity contribution in [1.29, 1.82) is 0 Å². The van der Waals surface area contributed by atoms with Crippen LogP contribution in [0.3, 0.4) is 0 Å². The topological polar surface area (TPSA) is 68.0 Å². The molecule has 0 spiro atoms. The van der Waals surface area contributed by atoms with Gasteiger partial charge in [-0.25, -0.2) is 0 Å². The molecule has 0 N–H and O–H groups in total. The fourth-order valence-electron chi connectivity index (χ4n) is 3.84. The van der Waals surface area contributed by atoms with Crippen molar-refractivity contribution in [3.63, 3.8) is 0 Å². The Morgan fingerprint density at radius 1 is 1.27 bits per heavy atom. The Hall–Kier alpha value is -2.54. The second kappa shape index (κ2) is 9.98. The van der Waals surface area contributed by atoms with Crippen molar-refractivity contribution in [2.75, 3.05) is 40.9 Å². The van der Waals surface area contributed by atoms with E-state index in [-0.39, 0.29) is 11.8 Å². The smallest absolute Gasteiger partial charge is 0.292 e. The van der Waals surface area contributed by atoms with Crippen LogP contribution in [0.15, 0.2) is 28.8 Å². The van der Waals surface area contributed by atoms with Crippen molar-refractivity contribution in [3.05, 3.63) is 41.3 Å². The zero-order valence-electron chi connectivity index (χ0n) is 18.7. The van der Waals surface area contributed by atoms with E-state index in [1.807, 2.05) is 30.9 Å². The number of likely N-dealkylation sites (tertiary alicyclic amines) is 1. The highest BCUT2D eigenvalue weighted by atomic mass is 16.5. The monoisotopic (exact) mass is 415 g/mol. The molecule has 0 bridgehead atoms. The van der Waals surface area contributed by atoms with Gasteiger partial charge in [-0.2, -0.15) is 0 Å². The van der Waals surface area contributed by atoms with E-state index in [9.17, 15) is 4.79 Å². The Labute approximate surface area is 178 Å². The van der Waals surface area contributed by atoms with Crippen LogP contribution in [-0.4, -0.2) is 67.8 Å². The van der Waals surface area contributed by atoms with E-state index < -0.39 is 0 Å². The number of aromatic nitrogens is 1. The van der Waals surface area contributed by atoms with Gasteiger partial charge in [-0.15, -0.1) is 0 Å². The molecular weight excluding hydrogens is 382 g/mol. The number of piperidine rings is 1. The van der Waals surface area contributed by atoms with Gasteiger partial charge in [0, 0.05) is 31.7 Å². The number of benzene rings is 1. The molecule has 1 amide bonds. The van der Waals surface area contributed by atoms with Gasteiger partial charge in [-0.3, -0.25) is 4.79 Å². The van der Waals surface area contributed by atoms with Gasteiger partial charge in [-0.1, -0.05) is 25.1 Å². The number of methoxy groups -OCH3 is 2. The maximum absolute atomic E-state index is 12.9. The Morgan fingerprint density at radius 3 is 2.70 bits per heavy atom. The van der Waals surface area contributed by atoms with E-state index in [2.05, 4.69) is 23.2 Å². The standard InChI is InChI=1S/C23H33N3O4/c1-16(2)19-14-22(30-24-19)23(27)26-11-6-7-18(15-26)25(3)12-10-17-8-9-20(28-4)21(13-17)29-5/h8-9,13-14,16,18H,6-7,10-12,15H2,1-5H3/t18-/m0/s1. The average molecular weight is 416 g/mol. The molecule has 0 radical (unpaired) electrons. The van der Waals surface area contributed by atoms with Crippen LogP contribution < -0.4 is 9.47 Å². The molecule has 1 fully saturated rings. The van der Waals surface area contributed by atoms with Gasteiger partial charge in [-0.05, 0) is 49.9 Å². The van der Waals surface area contributed by atoms with Crippen LogP contribution in [0.2, 0.25) is 0 Å². The van der Waals surface area contributed by atoms with Crippen molar-refractivity contribution in [1.82, 2.24) is 15.0 Å². The highest BCUT2D eigenvalue weighted by Crippen LogP contribution is 2.28. The Morgan fingerprint density at radius 2 is 2.03 bits per heavy atom. The number of nitrogens with zero attached hydrogens (tertiary/aromatic N) is 3. The molecule has 164 valence electrons. The fraction of sp³-hybridized carbons (Fsp3) is 0.565. The lowest BCUT2D eigenvalue weighted by Crippen LogP contribution is -2.49. The quantitative estimate of drug-likeness (QED) is 0.656. The lowest BCUT2D eigenvalue weighted by molar-refractivity contribution is 0.0572. The van der Waals surface area contributed by atoms with Crippen LogP contribution in [0.4, 0.5) is 0 Å². The summed E-state index contributed by atoms with van der Waals surface area (Å²) >= 11 is 0. The van der Waals surface area contributed by atoms with Gasteiger partial charge in [0.05, 0.1) is 19.9 Å². The highest BCUT2D eigenvalue weighted by Gasteiger charge is 2.29. The van der Waals surface area contributed by atoms with Crippen LogP contribution in [0.5, 0.6) is 11.5 Å². The number of carbonyl (C=O) groups excluding carboxylic acids is 1. The van der Waals surface area contributed by atoms with Gasteiger partial charge in [0.15, 0.2) is 11.5 Å². The summed E-state index contributed by atoms with van der Waals surface area (Å²) in [4.78, 5) is 17.1. The summed E-state index contributed by atoms with van der Waals surface area (Å²) in [5, 5.41) is 4.02. The second-order valence-corrected chi connectivity index (χ2v) is 8.24. The molecule has 7 nitrogen and oxygen atoms in total. The number of ether oxygens (including phenoxy) is 2. The number of hydrogen-bond donors (Lipinski definition) is 0. The van der Waals surface area contributed by atoms with Crippen molar-refractivity contribution in [2.24, 2.45) is 0 Å². The summed E-state index contributed by atoms with van der Waals surface area (Å²) in [6, 6.07) is 8.15. The zero-order chi connectivity index (χ0) is 21.7. The summed E-state index contributed by atoms with van der Waals surface area (Å²) in [6.07, 6.45) is 2.98. The molecule has 0 aliphatic carbocycles. The molecule has 7 heteroatoms. The molecule has 2 heterocycles. The van der Waals surface area contributed by atoms with Gasteiger partial charge >= 0.3 is 0 Å². The second-order valence-electron chi connectivity index (χ2n) is 8.24. The molecule has 0 unspecified atom stereocenters. The molecular formula is C23H33N3O4. The molecule has 1 aliphatic rings. The van der Waals surface area contributed by atoms with E-state index in [0.717, 1.165) is 49.5 Å². The number of hydrogen-bond acceptors (Lipinski definition) is 6. The first-order chi connectivity index (χ1) is 14.4. The van der Waals surface area contributed by atoms with Crippen LogP contribution in [0.25, 0.3) is 0 Å². The van der Waals surface area contributed by atoms with E-state index in [1.165, 1.54) is 5.56 Å². The largest absolute Gasteiger partial charge is 0.493 e. The van der Waals surface area contributed by atoms with Crippen LogP contribution in [-0.2, 0) is 6.42 Å². The Kier molecular flexibility index (Phi) is 7.37. The minimum atomic E-state index is -0.0626. The molecule has 2 aromatic rings. The number of rotatable bonds is 8. The third-order valence-electron chi connectivity index (χ3n) is 5.84. The normalized spacial score (nSPS) is 16.9. The summed E-state index contributed by atoms with van der Waals surface area (Å²) in [5.74, 6) is 2.01. The van der Waals surface area contributed by atoms with E-state index in [0.29, 0.717) is 18.3 Å². The van der Waals surface area contributed by atoms with E-state index in [1.54, 1.807) is 20.3 Å². The number of likely N-dealkylation sites (N-methyl/N-ethyl adjacent to an activating group) is 1. The summed E-state index contributed by atoms with van der Waals surface area (Å²) < 4.78 is 16.0. The van der Waals surface area contributed by atoms with E-state index >= 15 is 0 Å².